The molecule has 1 aromatic rings. The average molecular weight is 209 g/mol. The van der Waals surface area contributed by atoms with E-state index >= 15 is 0 Å². The molecule has 0 saturated heterocycles. The zero-order valence-electron chi connectivity index (χ0n) is 8.54. The van der Waals surface area contributed by atoms with Gasteiger partial charge >= 0.3 is 0 Å². The van der Waals surface area contributed by atoms with Crippen molar-refractivity contribution in [1.29, 1.82) is 0 Å². The van der Waals surface area contributed by atoms with Gasteiger partial charge in [-0.15, -0.1) is 11.8 Å². The van der Waals surface area contributed by atoms with E-state index < -0.39 is 0 Å². The Kier molecular flexibility index (Phi) is 2.87. The van der Waals surface area contributed by atoms with Crippen molar-refractivity contribution < 1.29 is 4.74 Å². The van der Waals surface area contributed by atoms with Crippen LogP contribution < -0.4 is 10.1 Å². The summed E-state index contributed by atoms with van der Waals surface area (Å²) in [6.07, 6.45) is 0. The molecular formula is C11H15NOS. The lowest BCUT2D eigenvalue weighted by Gasteiger charge is -2.10. The fraction of sp³-hybridized carbons (Fsp3) is 0.455. The zero-order chi connectivity index (χ0) is 9.97. The second kappa shape index (κ2) is 4.13. The summed E-state index contributed by atoms with van der Waals surface area (Å²) in [4.78, 5) is 1.25. The van der Waals surface area contributed by atoms with Crippen LogP contribution in [0.4, 0.5) is 5.69 Å². The Morgan fingerprint density at radius 2 is 2.36 bits per heavy atom. The van der Waals surface area contributed by atoms with Crippen LogP contribution in [-0.2, 0) is 0 Å². The van der Waals surface area contributed by atoms with Crippen LogP contribution in [0.15, 0.2) is 23.1 Å². The minimum Gasteiger partial charge on any atom is -0.496 e. The standard InChI is InChI=1S/C11H15NOS/c1-8-6-12-9-4-3-5-10(13-2)11(9)14-7-8/h3-5,8,12H,6-7H2,1-2H3. The van der Waals surface area contributed by atoms with Crippen LogP contribution >= 0.6 is 11.8 Å². The van der Waals surface area contributed by atoms with Crippen molar-refractivity contribution in [3.05, 3.63) is 18.2 Å². The highest BCUT2D eigenvalue weighted by molar-refractivity contribution is 7.99. The maximum Gasteiger partial charge on any atom is 0.134 e. The Hall–Kier alpha value is -0.830. The molecule has 0 amide bonds. The number of hydrogen-bond donors (Lipinski definition) is 1. The van der Waals surface area contributed by atoms with E-state index in [2.05, 4.69) is 18.3 Å². The molecule has 76 valence electrons. The molecule has 1 aromatic carbocycles. The van der Waals surface area contributed by atoms with Crippen LogP contribution in [0.1, 0.15) is 6.92 Å². The number of hydrogen-bond acceptors (Lipinski definition) is 3. The molecule has 0 saturated carbocycles. The second-order valence-electron chi connectivity index (χ2n) is 3.63. The fourth-order valence-electron chi connectivity index (χ4n) is 1.53. The predicted molar refractivity (Wildman–Crippen MR) is 61.4 cm³/mol. The Labute approximate surface area is 89.0 Å². The molecule has 0 spiro atoms. The van der Waals surface area contributed by atoms with Crippen molar-refractivity contribution in [3.63, 3.8) is 0 Å². The molecule has 1 unspecified atom stereocenters. The Morgan fingerprint density at radius 1 is 1.50 bits per heavy atom. The number of anilines is 1. The summed E-state index contributed by atoms with van der Waals surface area (Å²) in [7, 11) is 1.73. The monoisotopic (exact) mass is 209 g/mol. The van der Waals surface area contributed by atoms with E-state index in [4.69, 9.17) is 4.74 Å². The summed E-state index contributed by atoms with van der Waals surface area (Å²) in [6.45, 7) is 3.31. The van der Waals surface area contributed by atoms with Crippen molar-refractivity contribution >= 4 is 17.4 Å². The van der Waals surface area contributed by atoms with Gasteiger partial charge in [0.15, 0.2) is 0 Å². The Balaban J connectivity index is 2.35. The topological polar surface area (TPSA) is 21.3 Å². The van der Waals surface area contributed by atoms with Crippen LogP contribution in [0.2, 0.25) is 0 Å². The van der Waals surface area contributed by atoms with E-state index in [-0.39, 0.29) is 0 Å². The lowest BCUT2D eigenvalue weighted by Crippen LogP contribution is -2.10. The molecule has 1 N–H and O–H groups in total. The van der Waals surface area contributed by atoms with E-state index in [0.717, 1.165) is 18.0 Å². The average Bonchev–Trinajstić information content (AvgIpc) is 2.41. The first-order valence-corrected chi connectivity index (χ1v) is 5.83. The predicted octanol–water partition coefficient (Wildman–Crippen LogP) is 2.85. The van der Waals surface area contributed by atoms with Crippen LogP contribution in [0.25, 0.3) is 0 Å². The molecule has 2 nitrogen and oxygen atoms in total. The number of ether oxygens (including phenoxy) is 1. The van der Waals surface area contributed by atoms with Gasteiger partial charge in [0.05, 0.1) is 17.7 Å². The number of fused-ring (bicyclic) bond motifs is 1. The summed E-state index contributed by atoms with van der Waals surface area (Å²) in [6, 6.07) is 6.16. The third-order valence-electron chi connectivity index (χ3n) is 2.35. The molecule has 14 heavy (non-hydrogen) atoms. The quantitative estimate of drug-likeness (QED) is 0.768. The molecule has 0 fully saturated rings. The maximum absolute atomic E-state index is 5.34. The molecule has 1 aliphatic rings. The van der Waals surface area contributed by atoms with Crippen LogP contribution in [-0.4, -0.2) is 19.4 Å². The van der Waals surface area contributed by atoms with Crippen LogP contribution in [0.5, 0.6) is 5.75 Å². The van der Waals surface area contributed by atoms with Crippen molar-refractivity contribution in [2.45, 2.75) is 11.8 Å². The van der Waals surface area contributed by atoms with Gasteiger partial charge in [0.2, 0.25) is 0 Å². The highest BCUT2D eigenvalue weighted by atomic mass is 32.2. The lowest BCUT2D eigenvalue weighted by molar-refractivity contribution is 0.405. The number of benzene rings is 1. The molecule has 3 heteroatoms. The first-order chi connectivity index (χ1) is 6.81. The molecular weight excluding hydrogens is 194 g/mol. The van der Waals surface area contributed by atoms with Gasteiger partial charge in [0, 0.05) is 12.3 Å². The normalized spacial score (nSPS) is 20.6. The van der Waals surface area contributed by atoms with Gasteiger partial charge in [-0.25, -0.2) is 0 Å². The minimum atomic E-state index is 0.706. The SMILES string of the molecule is COc1cccc2c1SCC(C)CN2. The van der Waals surface area contributed by atoms with Crippen molar-refractivity contribution in [2.75, 3.05) is 24.7 Å². The van der Waals surface area contributed by atoms with E-state index in [1.807, 2.05) is 23.9 Å². The molecule has 0 radical (unpaired) electrons. The molecule has 1 heterocycles. The van der Waals surface area contributed by atoms with Crippen molar-refractivity contribution in [2.24, 2.45) is 5.92 Å². The van der Waals surface area contributed by atoms with E-state index in [9.17, 15) is 0 Å². The first-order valence-electron chi connectivity index (χ1n) is 4.85. The van der Waals surface area contributed by atoms with Gasteiger partial charge in [-0.05, 0) is 18.1 Å². The van der Waals surface area contributed by atoms with Gasteiger partial charge in [-0.3, -0.25) is 0 Å². The molecule has 2 rings (SSSR count). The summed E-state index contributed by atoms with van der Waals surface area (Å²) in [5.74, 6) is 2.84. The lowest BCUT2D eigenvalue weighted by atomic mass is 10.2. The maximum atomic E-state index is 5.34. The third-order valence-corrected chi connectivity index (χ3v) is 3.80. The summed E-state index contributed by atoms with van der Waals surface area (Å²) in [5.41, 5.74) is 1.21. The zero-order valence-corrected chi connectivity index (χ0v) is 9.36. The van der Waals surface area contributed by atoms with Gasteiger partial charge in [-0.2, -0.15) is 0 Å². The first kappa shape index (κ1) is 9.71. The molecule has 0 aliphatic carbocycles. The van der Waals surface area contributed by atoms with Crippen molar-refractivity contribution in [1.82, 2.24) is 0 Å². The van der Waals surface area contributed by atoms with E-state index in [1.165, 1.54) is 10.6 Å². The van der Waals surface area contributed by atoms with Gasteiger partial charge < -0.3 is 10.1 Å². The highest BCUT2D eigenvalue weighted by Gasteiger charge is 2.15. The smallest absolute Gasteiger partial charge is 0.134 e. The molecule has 0 aromatic heterocycles. The molecule has 1 aliphatic heterocycles. The van der Waals surface area contributed by atoms with E-state index in [0.29, 0.717) is 5.92 Å². The van der Waals surface area contributed by atoms with Gasteiger partial charge in [0.1, 0.15) is 5.75 Å². The minimum absolute atomic E-state index is 0.706. The van der Waals surface area contributed by atoms with E-state index in [1.54, 1.807) is 7.11 Å². The summed E-state index contributed by atoms with van der Waals surface area (Å²) >= 11 is 1.88. The number of rotatable bonds is 1. The molecule has 0 bridgehead atoms. The largest absolute Gasteiger partial charge is 0.496 e. The fourth-order valence-corrected chi connectivity index (χ4v) is 2.69. The third kappa shape index (κ3) is 1.82. The Bertz CT molecular complexity index is 327. The van der Waals surface area contributed by atoms with Crippen LogP contribution in [0.3, 0.4) is 0 Å². The second-order valence-corrected chi connectivity index (χ2v) is 4.66. The summed E-state index contributed by atoms with van der Waals surface area (Å²) < 4.78 is 5.34. The van der Waals surface area contributed by atoms with Gasteiger partial charge in [0.25, 0.3) is 0 Å². The summed E-state index contributed by atoms with van der Waals surface area (Å²) in [5, 5.41) is 3.45. The number of nitrogens with one attached hydrogen (secondary N) is 1. The molecule has 1 atom stereocenters. The highest BCUT2D eigenvalue weighted by Crippen LogP contribution is 2.38. The number of thioether (sulfide) groups is 1. The van der Waals surface area contributed by atoms with Crippen molar-refractivity contribution in [3.8, 4) is 5.75 Å². The number of methoxy groups -OCH3 is 1. The van der Waals surface area contributed by atoms with Crippen LogP contribution in [0, 0.1) is 5.92 Å². The van der Waals surface area contributed by atoms with Gasteiger partial charge in [-0.1, -0.05) is 13.0 Å². The Morgan fingerprint density at radius 3 is 3.14 bits per heavy atom.